The summed E-state index contributed by atoms with van der Waals surface area (Å²) >= 11 is 1.79. The summed E-state index contributed by atoms with van der Waals surface area (Å²) in [5.74, 6) is 0.897. The first-order valence-electron chi connectivity index (χ1n) is 6.63. The Morgan fingerprint density at radius 2 is 2.25 bits per heavy atom. The van der Waals surface area contributed by atoms with Crippen LogP contribution in [0.2, 0.25) is 0 Å². The first-order valence-corrected chi connectivity index (χ1v) is 7.51. The average Bonchev–Trinajstić information content (AvgIpc) is 3.02. The van der Waals surface area contributed by atoms with Gasteiger partial charge in [0.15, 0.2) is 0 Å². The van der Waals surface area contributed by atoms with Crippen molar-refractivity contribution in [2.75, 3.05) is 18.0 Å². The molecule has 1 aliphatic heterocycles. The molecule has 0 aromatic carbocycles. The number of rotatable bonds is 2. The van der Waals surface area contributed by atoms with E-state index < -0.39 is 0 Å². The summed E-state index contributed by atoms with van der Waals surface area (Å²) in [6, 6.07) is 10.4. The lowest BCUT2D eigenvalue weighted by molar-refractivity contribution is 0.816. The Morgan fingerprint density at radius 1 is 1.35 bits per heavy atom. The highest BCUT2D eigenvalue weighted by Crippen LogP contribution is 2.27. The molecule has 0 radical (unpaired) electrons. The molecule has 0 saturated heterocycles. The lowest BCUT2D eigenvalue weighted by Gasteiger charge is -2.27. The number of nitriles is 1. The minimum Gasteiger partial charge on any atom is -0.352 e. The maximum Gasteiger partial charge on any atom is 0.145 e. The maximum absolute atomic E-state index is 9.07. The second-order valence-corrected chi connectivity index (χ2v) is 5.80. The van der Waals surface area contributed by atoms with Gasteiger partial charge in [-0.3, -0.25) is 0 Å². The molecule has 0 aliphatic carbocycles. The van der Waals surface area contributed by atoms with Crippen molar-refractivity contribution in [2.45, 2.75) is 13.3 Å². The molecule has 2 aromatic rings. The van der Waals surface area contributed by atoms with Crippen LogP contribution in [0.4, 0.5) is 5.82 Å². The van der Waals surface area contributed by atoms with Crippen LogP contribution in [0.3, 0.4) is 0 Å². The second kappa shape index (κ2) is 5.48. The van der Waals surface area contributed by atoms with E-state index in [-0.39, 0.29) is 0 Å². The summed E-state index contributed by atoms with van der Waals surface area (Å²) in [4.78, 5) is 8.02. The van der Waals surface area contributed by atoms with E-state index in [1.807, 2.05) is 19.1 Å². The Kier molecular flexibility index (Phi) is 3.53. The average molecular weight is 281 g/mol. The van der Waals surface area contributed by atoms with Crippen LogP contribution >= 0.6 is 11.3 Å². The molecule has 3 nitrogen and oxygen atoms in total. The van der Waals surface area contributed by atoms with E-state index in [1.165, 1.54) is 10.5 Å². The van der Waals surface area contributed by atoms with Crippen LogP contribution in [0, 0.1) is 18.3 Å². The first-order chi connectivity index (χ1) is 9.78. The Labute approximate surface area is 122 Å². The van der Waals surface area contributed by atoms with Gasteiger partial charge in [0.05, 0.1) is 0 Å². The number of nitrogens with zero attached hydrogens (tertiary/aromatic N) is 3. The molecule has 3 heterocycles. The summed E-state index contributed by atoms with van der Waals surface area (Å²) in [5, 5.41) is 11.2. The summed E-state index contributed by atoms with van der Waals surface area (Å²) in [6.07, 6.45) is 3.29. The van der Waals surface area contributed by atoms with Gasteiger partial charge in [0.1, 0.15) is 17.6 Å². The van der Waals surface area contributed by atoms with Gasteiger partial charge in [0.2, 0.25) is 0 Å². The molecule has 0 atom stereocenters. The highest BCUT2D eigenvalue weighted by molar-refractivity contribution is 7.11. The summed E-state index contributed by atoms with van der Waals surface area (Å²) < 4.78 is 0. The van der Waals surface area contributed by atoms with Gasteiger partial charge in [0, 0.05) is 18.0 Å². The van der Waals surface area contributed by atoms with Gasteiger partial charge in [-0.1, -0.05) is 18.2 Å². The zero-order chi connectivity index (χ0) is 13.9. The van der Waals surface area contributed by atoms with Crippen molar-refractivity contribution >= 4 is 22.7 Å². The smallest absolute Gasteiger partial charge is 0.145 e. The highest BCUT2D eigenvalue weighted by atomic mass is 32.1. The van der Waals surface area contributed by atoms with Crippen LogP contribution in [0.1, 0.15) is 22.6 Å². The van der Waals surface area contributed by atoms with Crippen molar-refractivity contribution in [2.24, 2.45) is 0 Å². The third-order valence-electron chi connectivity index (χ3n) is 3.56. The lowest BCUT2D eigenvalue weighted by Crippen LogP contribution is -2.29. The predicted octanol–water partition coefficient (Wildman–Crippen LogP) is 3.62. The number of hydrogen-bond donors (Lipinski definition) is 0. The van der Waals surface area contributed by atoms with Gasteiger partial charge in [-0.15, -0.1) is 11.3 Å². The summed E-state index contributed by atoms with van der Waals surface area (Å²) in [6.45, 7) is 3.72. The quantitative estimate of drug-likeness (QED) is 0.844. The summed E-state index contributed by atoms with van der Waals surface area (Å²) in [7, 11) is 0. The third-order valence-corrected chi connectivity index (χ3v) is 4.50. The standard InChI is InChI=1S/C16H15N3S/c1-12-4-5-16(18-14(12)11-17)19-8-6-13(7-9-19)15-3-2-10-20-15/h2-6,10H,7-9H2,1H3. The molecular weight excluding hydrogens is 266 g/mol. The zero-order valence-electron chi connectivity index (χ0n) is 11.3. The molecule has 0 fully saturated rings. The molecular formula is C16H15N3S. The fourth-order valence-electron chi connectivity index (χ4n) is 2.37. The van der Waals surface area contributed by atoms with Crippen LogP contribution in [-0.2, 0) is 0 Å². The molecule has 3 rings (SSSR count). The number of aryl methyl sites for hydroxylation is 1. The van der Waals surface area contributed by atoms with Crippen LogP contribution in [-0.4, -0.2) is 18.1 Å². The SMILES string of the molecule is Cc1ccc(N2CC=C(c3cccs3)CC2)nc1C#N. The van der Waals surface area contributed by atoms with E-state index >= 15 is 0 Å². The minimum atomic E-state index is 0.524. The van der Waals surface area contributed by atoms with Gasteiger partial charge in [0.25, 0.3) is 0 Å². The highest BCUT2D eigenvalue weighted by Gasteiger charge is 2.15. The molecule has 0 N–H and O–H groups in total. The van der Waals surface area contributed by atoms with Crippen molar-refractivity contribution in [1.29, 1.82) is 5.26 Å². The van der Waals surface area contributed by atoms with Crippen LogP contribution in [0.25, 0.3) is 5.57 Å². The van der Waals surface area contributed by atoms with Gasteiger partial charge < -0.3 is 4.90 Å². The van der Waals surface area contributed by atoms with E-state index in [0.717, 1.165) is 30.9 Å². The van der Waals surface area contributed by atoms with Crippen molar-refractivity contribution in [3.05, 3.63) is 51.9 Å². The molecule has 0 unspecified atom stereocenters. The van der Waals surface area contributed by atoms with Crippen LogP contribution in [0.5, 0.6) is 0 Å². The normalized spacial score (nSPS) is 14.8. The molecule has 1 aliphatic rings. The molecule has 4 heteroatoms. The first kappa shape index (κ1) is 12.9. The Morgan fingerprint density at radius 3 is 2.90 bits per heavy atom. The molecule has 0 spiro atoms. The Balaban J connectivity index is 1.80. The van der Waals surface area contributed by atoms with Crippen LogP contribution in [0.15, 0.2) is 35.7 Å². The largest absolute Gasteiger partial charge is 0.352 e. The molecule has 100 valence electrons. The number of thiophene rings is 1. The van der Waals surface area contributed by atoms with E-state index in [9.17, 15) is 0 Å². The van der Waals surface area contributed by atoms with E-state index in [1.54, 1.807) is 11.3 Å². The minimum absolute atomic E-state index is 0.524. The van der Waals surface area contributed by atoms with Crippen LogP contribution < -0.4 is 4.90 Å². The molecule has 2 aromatic heterocycles. The number of aromatic nitrogens is 1. The maximum atomic E-state index is 9.07. The van der Waals surface area contributed by atoms with E-state index in [2.05, 4.69) is 39.5 Å². The van der Waals surface area contributed by atoms with Gasteiger partial charge in [-0.25, -0.2) is 4.98 Å². The zero-order valence-corrected chi connectivity index (χ0v) is 12.2. The topological polar surface area (TPSA) is 39.9 Å². The van der Waals surface area contributed by atoms with Crippen molar-refractivity contribution in [1.82, 2.24) is 4.98 Å². The number of anilines is 1. The molecule has 0 saturated carbocycles. The van der Waals surface area contributed by atoms with E-state index in [4.69, 9.17) is 5.26 Å². The monoisotopic (exact) mass is 281 g/mol. The van der Waals surface area contributed by atoms with E-state index in [0.29, 0.717) is 5.69 Å². The van der Waals surface area contributed by atoms with Crippen molar-refractivity contribution in [3.63, 3.8) is 0 Å². The molecule has 0 bridgehead atoms. The lowest BCUT2D eigenvalue weighted by atomic mass is 10.1. The number of pyridine rings is 1. The van der Waals surface area contributed by atoms with Crippen molar-refractivity contribution in [3.8, 4) is 6.07 Å². The molecule has 20 heavy (non-hydrogen) atoms. The van der Waals surface area contributed by atoms with Crippen molar-refractivity contribution < 1.29 is 0 Å². The molecule has 0 amide bonds. The third kappa shape index (κ3) is 2.45. The Bertz CT molecular complexity index is 680. The van der Waals surface area contributed by atoms with Gasteiger partial charge in [-0.2, -0.15) is 5.26 Å². The van der Waals surface area contributed by atoms with Gasteiger partial charge >= 0.3 is 0 Å². The van der Waals surface area contributed by atoms with Gasteiger partial charge in [-0.05, 0) is 42.0 Å². The predicted molar refractivity (Wildman–Crippen MR) is 82.8 cm³/mol. The number of hydrogen-bond acceptors (Lipinski definition) is 4. The second-order valence-electron chi connectivity index (χ2n) is 4.85. The fourth-order valence-corrected chi connectivity index (χ4v) is 3.17. The fraction of sp³-hybridized carbons (Fsp3) is 0.250. The Hall–Kier alpha value is -2.12. The summed E-state index contributed by atoms with van der Waals surface area (Å²) in [5.41, 5.74) is 2.88.